The van der Waals surface area contributed by atoms with Gasteiger partial charge in [-0.1, -0.05) is 18.2 Å². The number of anilines is 2. The van der Waals surface area contributed by atoms with Crippen LogP contribution in [0.15, 0.2) is 48.5 Å². The van der Waals surface area contributed by atoms with Gasteiger partial charge >= 0.3 is 6.03 Å². The van der Waals surface area contributed by atoms with Crippen molar-refractivity contribution in [3.63, 3.8) is 0 Å². The van der Waals surface area contributed by atoms with Crippen LogP contribution in [0.3, 0.4) is 0 Å². The fourth-order valence-electron chi connectivity index (χ4n) is 3.37. The van der Waals surface area contributed by atoms with Crippen molar-refractivity contribution in [3.05, 3.63) is 48.5 Å². The number of urea groups is 1. The van der Waals surface area contributed by atoms with Crippen LogP contribution in [-0.4, -0.2) is 55.9 Å². The minimum Gasteiger partial charge on any atom is -0.454 e. The summed E-state index contributed by atoms with van der Waals surface area (Å²) in [4.78, 5) is 29.0. The van der Waals surface area contributed by atoms with Crippen LogP contribution in [0.5, 0.6) is 11.5 Å². The molecule has 1 unspecified atom stereocenters. The van der Waals surface area contributed by atoms with Gasteiger partial charge in [-0.05, 0) is 31.2 Å². The molecule has 1 fully saturated rings. The number of benzene rings is 2. The topological polar surface area (TPSA) is 83.1 Å². The summed E-state index contributed by atoms with van der Waals surface area (Å²) in [6.07, 6.45) is 0. The van der Waals surface area contributed by atoms with Crippen molar-refractivity contribution in [1.29, 1.82) is 0 Å². The van der Waals surface area contributed by atoms with Crippen molar-refractivity contribution in [1.82, 2.24) is 10.2 Å². The molecule has 2 aromatic rings. The molecule has 0 spiro atoms. The molecule has 3 amide bonds. The Bertz CT molecular complexity index is 882. The number of fused-ring (bicyclic) bond motifs is 1. The van der Waals surface area contributed by atoms with E-state index in [9.17, 15) is 9.59 Å². The van der Waals surface area contributed by atoms with Crippen molar-refractivity contribution in [3.8, 4) is 11.5 Å². The van der Waals surface area contributed by atoms with E-state index in [0.717, 1.165) is 18.8 Å². The van der Waals surface area contributed by atoms with Gasteiger partial charge in [0.15, 0.2) is 11.5 Å². The van der Waals surface area contributed by atoms with Gasteiger partial charge < -0.3 is 29.9 Å². The number of amides is 3. The smallest absolute Gasteiger partial charge is 0.318 e. The van der Waals surface area contributed by atoms with Crippen LogP contribution in [0.25, 0.3) is 0 Å². The largest absolute Gasteiger partial charge is 0.454 e. The molecule has 2 heterocycles. The summed E-state index contributed by atoms with van der Waals surface area (Å²) in [6.45, 7) is 4.58. The molecule has 0 aromatic heterocycles. The Hall–Kier alpha value is -3.42. The second-order valence-electron chi connectivity index (χ2n) is 7.04. The molecule has 8 nitrogen and oxygen atoms in total. The molecule has 2 aromatic carbocycles. The number of nitrogens with zero attached hydrogens (tertiary/aromatic N) is 2. The van der Waals surface area contributed by atoms with Crippen LogP contribution in [0.2, 0.25) is 0 Å². The lowest BCUT2D eigenvalue weighted by molar-refractivity contribution is -0.117. The van der Waals surface area contributed by atoms with E-state index in [1.807, 2.05) is 18.2 Å². The van der Waals surface area contributed by atoms with Gasteiger partial charge in [0.25, 0.3) is 0 Å². The van der Waals surface area contributed by atoms with Gasteiger partial charge in [-0.2, -0.15) is 0 Å². The third kappa shape index (κ3) is 4.37. The summed E-state index contributed by atoms with van der Waals surface area (Å²) >= 11 is 0. The van der Waals surface area contributed by atoms with Crippen LogP contribution < -0.4 is 25.0 Å². The number of piperazine rings is 1. The lowest BCUT2D eigenvalue weighted by atomic mass is 10.2. The molecular formula is C21H24N4O4. The Morgan fingerprint density at radius 2 is 1.69 bits per heavy atom. The van der Waals surface area contributed by atoms with E-state index < -0.39 is 6.04 Å². The zero-order valence-corrected chi connectivity index (χ0v) is 16.3. The fraction of sp³-hybridized carbons (Fsp3) is 0.333. The molecule has 2 aliphatic rings. The third-order valence-corrected chi connectivity index (χ3v) is 5.06. The molecule has 1 atom stereocenters. The molecule has 0 aliphatic carbocycles. The van der Waals surface area contributed by atoms with E-state index in [1.165, 1.54) is 0 Å². The first-order valence-electron chi connectivity index (χ1n) is 9.66. The van der Waals surface area contributed by atoms with Gasteiger partial charge in [0.1, 0.15) is 6.04 Å². The number of hydrogen-bond acceptors (Lipinski definition) is 5. The second-order valence-corrected chi connectivity index (χ2v) is 7.04. The Labute approximate surface area is 169 Å². The number of hydrogen-bond donors (Lipinski definition) is 2. The average molecular weight is 396 g/mol. The van der Waals surface area contributed by atoms with E-state index in [1.54, 1.807) is 30.0 Å². The van der Waals surface area contributed by atoms with Gasteiger partial charge in [-0.3, -0.25) is 4.79 Å². The maximum atomic E-state index is 12.5. The molecule has 2 N–H and O–H groups in total. The van der Waals surface area contributed by atoms with E-state index in [4.69, 9.17) is 9.47 Å². The maximum absolute atomic E-state index is 12.5. The molecule has 0 saturated carbocycles. The number of para-hydroxylation sites is 1. The first-order valence-corrected chi connectivity index (χ1v) is 9.66. The molecule has 29 heavy (non-hydrogen) atoms. The molecule has 0 bridgehead atoms. The standard InChI is InChI=1S/C21H24N4O4/c1-15(20(26)23-16-7-8-18-19(13-16)29-14-28-18)22-21(27)25-11-9-24(10-12-25)17-5-3-2-4-6-17/h2-8,13,15H,9-12,14H2,1H3,(H,22,27)(H,23,26). The SMILES string of the molecule is CC(NC(=O)N1CCN(c2ccccc2)CC1)C(=O)Nc1ccc2c(c1)OCO2. The summed E-state index contributed by atoms with van der Waals surface area (Å²) in [6, 6.07) is 14.4. The van der Waals surface area contributed by atoms with Crippen LogP contribution in [0, 0.1) is 0 Å². The van der Waals surface area contributed by atoms with Crippen LogP contribution >= 0.6 is 0 Å². The first-order chi connectivity index (χ1) is 14.1. The number of nitrogens with one attached hydrogen (secondary N) is 2. The zero-order chi connectivity index (χ0) is 20.2. The van der Waals surface area contributed by atoms with Crippen LogP contribution in [0.1, 0.15) is 6.92 Å². The molecule has 8 heteroatoms. The van der Waals surface area contributed by atoms with Crippen LogP contribution in [0.4, 0.5) is 16.2 Å². The highest BCUT2D eigenvalue weighted by Gasteiger charge is 2.24. The Kier molecular flexibility index (Phi) is 5.41. The predicted octanol–water partition coefficient (Wildman–Crippen LogP) is 2.27. The molecule has 1 saturated heterocycles. The molecule has 0 radical (unpaired) electrons. The highest BCUT2D eigenvalue weighted by atomic mass is 16.7. The molecule has 2 aliphatic heterocycles. The minimum absolute atomic E-state index is 0.177. The maximum Gasteiger partial charge on any atom is 0.318 e. The Morgan fingerprint density at radius 3 is 2.45 bits per heavy atom. The van der Waals surface area contributed by atoms with Gasteiger partial charge in [-0.25, -0.2) is 4.79 Å². The van der Waals surface area contributed by atoms with Crippen molar-refractivity contribution >= 4 is 23.3 Å². The number of carbonyl (C=O) groups is 2. The molecule has 152 valence electrons. The van der Waals surface area contributed by atoms with E-state index in [-0.39, 0.29) is 18.7 Å². The van der Waals surface area contributed by atoms with E-state index >= 15 is 0 Å². The minimum atomic E-state index is -0.667. The number of rotatable bonds is 4. The van der Waals surface area contributed by atoms with Crippen molar-refractivity contribution in [2.24, 2.45) is 0 Å². The second kappa shape index (κ2) is 8.30. The fourth-order valence-corrected chi connectivity index (χ4v) is 3.37. The molecular weight excluding hydrogens is 372 g/mol. The van der Waals surface area contributed by atoms with Crippen molar-refractivity contribution in [2.75, 3.05) is 43.2 Å². The third-order valence-electron chi connectivity index (χ3n) is 5.06. The van der Waals surface area contributed by atoms with Gasteiger partial charge in [0.05, 0.1) is 0 Å². The Balaban J connectivity index is 1.26. The lowest BCUT2D eigenvalue weighted by Crippen LogP contribution is -2.54. The van der Waals surface area contributed by atoms with Gasteiger partial charge in [0, 0.05) is 43.6 Å². The lowest BCUT2D eigenvalue weighted by Gasteiger charge is -2.36. The van der Waals surface area contributed by atoms with Crippen molar-refractivity contribution in [2.45, 2.75) is 13.0 Å². The van der Waals surface area contributed by atoms with E-state index in [0.29, 0.717) is 30.3 Å². The molecule has 4 rings (SSSR count). The summed E-state index contributed by atoms with van der Waals surface area (Å²) in [7, 11) is 0. The zero-order valence-electron chi connectivity index (χ0n) is 16.3. The predicted molar refractivity (Wildman–Crippen MR) is 109 cm³/mol. The summed E-state index contributed by atoms with van der Waals surface area (Å²) < 4.78 is 10.6. The quantitative estimate of drug-likeness (QED) is 0.829. The monoisotopic (exact) mass is 396 g/mol. The van der Waals surface area contributed by atoms with Crippen molar-refractivity contribution < 1.29 is 19.1 Å². The summed E-state index contributed by atoms with van der Waals surface area (Å²) in [5, 5.41) is 5.57. The first kappa shape index (κ1) is 18.9. The Morgan fingerprint density at radius 1 is 0.966 bits per heavy atom. The number of carbonyl (C=O) groups excluding carboxylic acids is 2. The highest BCUT2D eigenvalue weighted by molar-refractivity contribution is 5.97. The summed E-state index contributed by atoms with van der Waals surface area (Å²) in [5.74, 6) is 0.954. The number of ether oxygens (including phenoxy) is 2. The van der Waals surface area contributed by atoms with Crippen LogP contribution in [-0.2, 0) is 4.79 Å². The van der Waals surface area contributed by atoms with E-state index in [2.05, 4.69) is 27.7 Å². The van der Waals surface area contributed by atoms with Gasteiger partial charge in [0.2, 0.25) is 12.7 Å². The van der Waals surface area contributed by atoms with Gasteiger partial charge in [-0.15, -0.1) is 0 Å². The summed E-state index contributed by atoms with van der Waals surface area (Å²) in [5.41, 5.74) is 1.75. The average Bonchev–Trinajstić information content (AvgIpc) is 3.22. The highest BCUT2D eigenvalue weighted by Crippen LogP contribution is 2.34. The normalized spacial score (nSPS) is 16.3.